The topological polar surface area (TPSA) is 67.2 Å². The lowest BCUT2D eigenvalue weighted by atomic mass is 9.98. The van der Waals surface area contributed by atoms with E-state index in [1.54, 1.807) is 12.1 Å². The maximum Gasteiger partial charge on any atom is 0.227 e. The lowest BCUT2D eigenvalue weighted by Gasteiger charge is -2.10. The third-order valence-electron chi connectivity index (χ3n) is 4.34. The molecule has 0 fully saturated rings. The van der Waals surface area contributed by atoms with Crippen molar-refractivity contribution in [2.24, 2.45) is 0 Å². The van der Waals surface area contributed by atoms with Crippen molar-refractivity contribution in [2.45, 2.75) is 33.1 Å². The van der Waals surface area contributed by atoms with E-state index in [1.807, 2.05) is 12.1 Å². The summed E-state index contributed by atoms with van der Waals surface area (Å²) in [5.41, 5.74) is 4.12. The van der Waals surface area contributed by atoms with Crippen molar-refractivity contribution < 1.29 is 9.21 Å². The smallest absolute Gasteiger partial charge is 0.227 e. The first-order valence-electron chi connectivity index (χ1n) is 8.66. The van der Waals surface area contributed by atoms with Gasteiger partial charge in [-0.25, -0.2) is 4.98 Å². The van der Waals surface area contributed by atoms with Crippen molar-refractivity contribution in [1.29, 1.82) is 0 Å². The molecular weight excluding hydrogens is 382 g/mol. The van der Waals surface area contributed by atoms with E-state index >= 15 is 0 Å². The number of nitrogens with zero attached hydrogens (tertiary/aromatic N) is 1. The zero-order valence-electron chi connectivity index (χ0n) is 15.3. The van der Waals surface area contributed by atoms with E-state index in [-0.39, 0.29) is 11.0 Å². The summed E-state index contributed by atoms with van der Waals surface area (Å²) < 4.78 is 5.90. The number of oxazole rings is 1. The maximum absolute atomic E-state index is 11.1. The van der Waals surface area contributed by atoms with Crippen molar-refractivity contribution in [3.05, 3.63) is 47.0 Å². The minimum Gasteiger partial charge on any atom is -0.436 e. The molecule has 27 heavy (non-hydrogen) atoms. The van der Waals surface area contributed by atoms with Crippen LogP contribution in [0.2, 0.25) is 5.02 Å². The molecule has 7 heteroatoms. The number of fused-ring (bicyclic) bond motifs is 1. The van der Waals surface area contributed by atoms with E-state index in [0.717, 1.165) is 23.1 Å². The van der Waals surface area contributed by atoms with Crippen molar-refractivity contribution >= 4 is 51.6 Å². The van der Waals surface area contributed by atoms with Crippen LogP contribution in [-0.2, 0) is 4.79 Å². The van der Waals surface area contributed by atoms with Gasteiger partial charge in [-0.15, -0.1) is 0 Å². The molecule has 0 unspecified atom stereocenters. The molecular formula is C20H20ClN3O2S. The van der Waals surface area contributed by atoms with Crippen molar-refractivity contribution in [3.8, 4) is 11.5 Å². The molecule has 1 heterocycles. The highest BCUT2D eigenvalue weighted by Crippen LogP contribution is 2.31. The Bertz CT molecular complexity index is 1020. The van der Waals surface area contributed by atoms with E-state index in [4.69, 9.17) is 28.2 Å². The van der Waals surface area contributed by atoms with Crippen molar-refractivity contribution in [3.63, 3.8) is 0 Å². The highest BCUT2D eigenvalue weighted by molar-refractivity contribution is 7.80. The van der Waals surface area contributed by atoms with Crippen LogP contribution in [-0.4, -0.2) is 16.0 Å². The zero-order valence-corrected chi connectivity index (χ0v) is 16.9. The van der Waals surface area contributed by atoms with Crippen LogP contribution in [0.1, 0.15) is 38.7 Å². The number of thiocarbonyl (C=S) groups is 1. The van der Waals surface area contributed by atoms with E-state index in [2.05, 4.69) is 41.6 Å². The van der Waals surface area contributed by atoms with Crippen LogP contribution < -0.4 is 10.6 Å². The summed E-state index contributed by atoms with van der Waals surface area (Å²) in [5, 5.41) is 6.07. The summed E-state index contributed by atoms with van der Waals surface area (Å²) in [5.74, 6) is 0.711. The van der Waals surface area contributed by atoms with Crippen LogP contribution in [0.25, 0.3) is 22.6 Å². The Hall–Kier alpha value is -2.44. The summed E-state index contributed by atoms with van der Waals surface area (Å²) in [6.07, 6.45) is 1.07. The largest absolute Gasteiger partial charge is 0.436 e. The minimum absolute atomic E-state index is 0.178. The Labute approximate surface area is 168 Å². The van der Waals surface area contributed by atoms with Gasteiger partial charge in [0.15, 0.2) is 10.7 Å². The van der Waals surface area contributed by atoms with E-state index < -0.39 is 0 Å². The van der Waals surface area contributed by atoms with Gasteiger partial charge in [0.1, 0.15) is 5.52 Å². The number of carbonyl (C=O) groups is 1. The van der Waals surface area contributed by atoms with Crippen LogP contribution in [0.5, 0.6) is 0 Å². The van der Waals surface area contributed by atoms with E-state index in [1.165, 1.54) is 12.5 Å². The summed E-state index contributed by atoms with van der Waals surface area (Å²) >= 11 is 11.3. The second kappa shape index (κ2) is 8.06. The number of amides is 1. The fourth-order valence-corrected chi connectivity index (χ4v) is 3.10. The number of benzene rings is 2. The lowest BCUT2D eigenvalue weighted by molar-refractivity contribution is -0.117. The molecule has 1 amide bonds. The number of anilines is 1. The molecule has 5 nitrogen and oxygen atoms in total. The van der Waals surface area contributed by atoms with Crippen LogP contribution in [0, 0.1) is 0 Å². The highest BCUT2D eigenvalue weighted by atomic mass is 35.5. The maximum atomic E-state index is 11.1. The Morgan fingerprint density at radius 2 is 2.07 bits per heavy atom. The zero-order chi connectivity index (χ0) is 19.6. The molecule has 1 atom stereocenters. The molecule has 1 aromatic heterocycles. The van der Waals surface area contributed by atoms with Crippen LogP contribution in [0.4, 0.5) is 5.69 Å². The molecule has 0 radical (unpaired) electrons. The summed E-state index contributed by atoms with van der Waals surface area (Å²) in [6, 6.07) is 11.4. The SMILES string of the molecule is CC[C@@H](C)c1ccc2oc(-c3ccc(Cl)c(NC(=S)NC(C)=O)c3)nc2c1. The number of nitrogens with one attached hydrogen (secondary N) is 2. The van der Waals surface area contributed by atoms with Gasteiger partial charge in [0.25, 0.3) is 0 Å². The van der Waals surface area contributed by atoms with Gasteiger partial charge in [0.05, 0.1) is 10.7 Å². The Kier molecular flexibility index (Phi) is 5.77. The van der Waals surface area contributed by atoms with Gasteiger partial charge in [0.2, 0.25) is 11.8 Å². The van der Waals surface area contributed by atoms with Gasteiger partial charge in [0, 0.05) is 12.5 Å². The molecule has 2 N–H and O–H groups in total. The monoisotopic (exact) mass is 401 g/mol. The predicted octanol–water partition coefficient (Wildman–Crippen LogP) is 5.49. The molecule has 0 saturated carbocycles. The fourth-order valence-electron chi connectivity index (χ4n) is 2.68. The molecule has 0 aliphatic carbocycles. The third kappa shape index (κ3) is 4.46. The molecule has 3 aromatic rings. The average molecular weight is 402 g/mol. The first kappa shape index (κ1) is 19.3. The molecule has 0 spiro atoms. The lowest BCUT2D eigenvalue weighted by Crippen LogP contribution is -2.32. The molecule has 140 valence electrons. The fraction of sp³-hybridized carbons (Fsp3) is 0.250. The average Bonchev–Trinajstić information content (AvgIpc) is 3.05. The summed E-state index contributed by atoms with van der Waals surface area (Å²) in [6.45, 7) is 5.74. The summed E-state index contributed by atoms with van der Waals surface area (Å²) in [7, 11) is 0. The van der Waals surface area contributed by atoms with Gasteiger partial charge in [-0.1, -0.05) is 31.5 Å². The molecule has 0 aliphatic rings. The predicted molar refractivity (Wildman–Crippen MR) is 113 cm³/mol. The summed E-state index contributed by atoms with van der Waals surface area (Å²) in [4.78, 5) is 15.7. The third-order valence-corrected chi connectivity index (χ3v) is 4.88. The number of aromatic nitrogens is 1. The van der Waals surface area contributed by atoms with Gasteiger partial charge in [-0.3, -0.25) is 4.79 Å². The Morgan fingerprint density at radius 1 is 1.30 bits per heavy atom. The Balaban J connectivity index is 1.92. The van der Waals surface area contributed by atoms with Crippen LogP contribution >= 0.6 is 23.8 Å². The second-order valence-corrected chi connectivity index (χ2v) is 7.20. The van der Waals surface area contributed by atoms with Gasteiger partial charge < -0.3 is 15.1 Å². The van der Waals surface area contributed by atoms with Crippen molar-refractivity contribution in [1.82, 2.24) is 10.3 Å². The standard InChI is InChI=1S/C20H20ClN3O2S/c1-4-11(2)13-6-8-18-17(9-13)23-19(26-18)14-5-7-15(21)16(10-14)24-20(27)22-12(3)25/h5-11H,4H2,1-3H3,(H2,22,24,25,27)/t11-/m1/s1. The minimum atomic E-state index is -0.254. The number of carbonyl (C=O) groups excluding carboxylic acids is 1. The number of hydrogen-bond donors (Lipinski definition) is 2. The second-order valence-electron chi connectivity index (χ2n) is 6.39. The van der Waals surface area contributed by atoms with Crippen molar-refractivity contribution in [2.75, 3.05) is 5.32 Å². The molecule has 0 bridgehead atoms. The van der Waals surface area contributed by atoms with E-state index in [0.29, 0.717) is 22.5 Å². The number of halogens is 1. The molecule has 0 aliphatic heterocycles. The molecule has 2 aromatic carbocycles. The first-order valence-corrected chi connectivity index (χ1v) is 9.45. The van der Waals surface area contributed by atoms with Crippen LogP contribution in [0.15, 0.2) is 40.8 Å². The quantitative estimate of drug-likeness (QED) is 0.565. The number of rotatable bonds is 4. The number of hydrogen-bond acceptors (Lipinski definition) is 4. The highest BCUT2D eigenvalue weighted by Gasteiger charge is 2.13. The normalized spacial score (nSPS) is 12.0. The van der Waals surface area contributed by atoms with Gasteiger partial charge in [-0.2, -0.15) is 0 Å². The first-order chi connectivity index (χ1) is 12.9. The van der Waals surface area contributed by atoms with Gasteiger partial charge >= 0.3 is 0 Å². The van der Waals surface area contributed by atoms with Gasteiger partial charge in [-0.05, 0) is 60.5 Å². The molecule has 0 saturated heterocycles. The Morgan fingerprint density at radius 3 is 2.78 bits per heavy atom. The molecule has 3 rings (SSSR count). The van der Waals surface area contributed by atoms with Crippen LogP contribution in [0.3, 0.4) is 0 Å². The van der Waals surface area contributed by atoms with E-state index in [9.17, 15) is 4.79 Å².